The lowest BCUT2D eigenvalue weighted by atomic mass is 10.3. The first-order chi connectivity index (χ1) is 11.6. The van der Waals surface area contributed by atoms with Crippen molar-refractivity contribution < 1.29 is 9.21 Å². The van der Waals surface area contributed by atoms with Crippen molar-refractivity contribution in [2.24, 2.45) is 0 Å². The zero-order chi connectivity index (χ0) is 16.9. The molecule has 0 aliphatic carbocycles. The lowest BCUT2D eigenvalue weighted by molar-refractivity contribution is 0.0921. The van der Waals surface area contributed by atoms with Gasteiger partial charge in [0.05, 0.1) is 17.3 Å². The minimum absolute atomic E-state index is 0.169. The Kier molecular flexibility index (Phi) is 5.58. The fraction of sp³-hybridized carbons (Fsp3) is 0.529. The van der Waals surface area contributed by atoms with E-state index < -0.39 is 0 Å². The van der Waals surface area contributed by atoms with E-state index in [9.17, 15) is 4.79 Å². The van der Waals surface area contributed by atoms with Crippen LogP contribution in [0.5, 0.6) is 0 Å². The van der Waals surface area contributed by atoms with Crippen LogP contribution in [0.3, 0.4) is 0 Å². The van der Waals surface area contributed by atoms with E-state index in [1.54, 1.807) is 16.9 Å². The highest BCUT2D eigenvalue weighted by atomic mass is 35.5. The number of likely N-dealkylation sites (tertiary alicyclic amines) is 1. The third-order valence-electron chi connectivity index (χ3n) is 4.20. The maximum absolute atomic E-state index is 12.1. The summed E-state index contributed by atoms with van der Waals surface area (Å²) in [5.74, 6) is 1.06. The van der Waals surface area contributed by atoms with Crippen molar-refractivity contribution in [3.05, 3.63) is 40.6 Å². The average Bonchev–Trinajstić information content (AvgIpc) is 3.28. The largest absolute Gasteiger partial charge is 0.455 e. The highest BCUT2D eigenvalue weighted by molar-refractivity contribution is 6.31. The molecule has 1 saturated heterocycles. The summed E-state index contributed by atoms with van der Waals surface area (Å²) in [6.07, 6.45) is 5.07. The predicted octanol–water partition coefficient (Wildman–Crippen LogP) is 2.85. The number of carbonyl (C=O) groups is 1. The van der Waals surface area contributed by atoms with Crippen LogP contribution < -0.4 is 5.32 Å². The molecule has 0 bridgehead atoms. The Balaban J connectivity index is 1.40. The van der Waals surface area contributed by atoms with E-state index in [-0.39, 0.29) is 5.91 Å². The molecule has 1 aliphatic rings. The molecular weight excluding hydrogens is 328 g/mol. The van der Waals surface area contributed by atoms with Gasteiger partial charge < -0.3 is 9.73 Å². The van der Waals surface area contributed by atoms with Crippen molar-refractivity contribution in [1.29, 1.82) is 0 Å². The van der Waals surface area contributed by atoms with Gasteiger partial charge in [-0.2, -0.15) is 5.10 Å². The molecule has 1 amide bonds. The van der Waals surface area contributed by atoms with Gasteiger partial charge in [0, 0.05) is 19.3 Å². The summed E-state index contributed by atoms with van der Waals surface area (Å²) < 4.78 is 7.45. The molecule has 2 aromatic heterocycles. The number of aryl methyl sites for hydroxylation is 2. The Hall–Kier alpha value is -1.79. The van der Waals surface area contributed by atoms with Crippen molar-refractivity contribution in [2.75, 3.05) is 19.6 Å². The van der Waals surface area contributed by atoms with Gasteiger partial charge in [0.1, 0.15) is 5.76 Å². The van der Waals surface area contributed by atoms with Crippen LogP contribution in [0.1, 0.15) is 41.3 Å². The topological polar surface area (TPSA) is 63.3 Å². The van der Waals surface area contributed by atoms with Gasteiger partial charge in [-0.05, 0) is 51.4 Å². The fourth-order valence-corrected chi connectivity index (χ4v) is 3.03. The first-order valence-electron chi connectivity index (χ1n) is 8.40. The summed E-state index contributed by atoms with van der Waals surface area (Å²) in [5.41, 5.74) is 0.821. The van der Waals surface area contributed by atoms with E-state index in [0.29, 0.717) is 23.9 Å². The molecule has 0 aromatic carbocycles. The van der Waals surface area contributed by atoms with Gasteiger partial charge in [-0.3, -0.25) is 14.4 Å². The van der Waals surface area contributed by atoms with Gasteiger partial charge in [0.15, 0.2) is 5.76 Å². The molecule has 1 fully saturated rings. The van der Waals surface area contributed by atoms with E-state index in [2.05, 4.69) is 15.3 Å². The molecule has 0 unspecified atom stereocenters. The Morgan fingerprint density at radius 3 is 2.88 bits per heavy atom. The number of carbonyl (C=O) groups excluding carboxylic acids is 1. The van der Waals surface area contributed by atoms with Gasteiger partial charge in [-0.1, -0.05) is 11.6 Å². The summed E-state index contributed by atoms with van der Waals surface area (Å²) in [7, 11) is 0. The monoisotopic (exact) mass is 350 g/mol. The number of amides is 1. The maximum atomic E-state index is 12.1. The third kappa shape index (κ3) is 4.39. The molecule has 2 aromatic rings. The van der Waals surface area contributed by atoms with Gasteiger partial charge in [-0.15, -0.1) is 0 Å². The highest BCUT2D eigenvalue weighted by Crippen LogP contribution is 2.15. The van der Waals surface area contributed by atoms with Crippen LogP contribution in [-0.4, -0.2) is 40.2 Å². The second-order valence-electron chi connectivity index (χ2n) is 6.18. The van der Waals surface area contributed by atoms with Crippen LogP contribution in [-0.2, 0) is 13.1 Å². The van der Waals surface area contributed by atoms with E-state index in [1.807, 2.05) is 13.0 Å². The summed E-state index contributed by atoms with van der Waals surface area (Å²) in [5, 5.41) is 7.83. The van der Waals surface area contributed by atoms with Gasteiger partial charge in [0.2, 0.25) is 0 Å². The van der Waals surface area contributed by atoms with Crippen molar-refractivity contribution >= 4 is 17.5 Å². The molecule has 24 heavy (non-hydrogen) atoms. The number of nitrogens with zero attached hydrogens (tertiary/aromatic N) is 3. The fourth-order valence-electron chi connectivity index (χ4n) is 2.88. The number of furan rings is 1. The normalized spacial score (nSPS) is 15.1. The Morgan fingerprint density at radius 2 is 2.17 bits per heavy atom. The standard InChI is InChI=1S/C17H23ClN4O2/c1-13-15(18)12-22(20-13)10-4-7-19-17(23)16-6-5-14(24-16)11-21-8-2-3-9-21/h5-6,12H,2-4,7-11H2,1H3,(H,19,23). The van der Waals surface area contributed by atoms with Gasteiger partial charge in [-0.25, -0.2) is 0 Å². The van der Waals surface area contributed by atoms with Crippen molar-refractivity contribution in [3.8, 4) is 0 Å². The van der Waals surface area contributed by atoms with Crippen LogP contribution in [0, 0.1) is 6.92 Å². The third-order valence-corrected chi connectivity index (χ3v) is 4.57. The van der Waals surface area contributed by atoms with Crippen LogP contribution in [0.2, 0.25) is 5.02 Å². The number of nitrogens with one attached hydrogen (secondary N) is 1. The van der Waals surface area contributed by atoms with Crippen molar-refractivity contribution in [3.63, 3.8) is 0 Å². The second kappa shape index (κ2) is 7.85. The summed E-state index contributed by atoms with van der Waals surface area (Å²) >= 11 is 5.97. The minimum Gasteiger partial charge on any atom is -0.455 e. The van der Waals surface area contributed by atoms with E-state index >= 15 is 0 Å². The molecule has 1 aliphatic heterocycles. The summed E-state index contributed by atoms with van der Waals surface area (Å²) in [6.45, 7) is 6.16. The molecule has 0 spiro atoms. The SMILES string of the molecule is Cc1nn(CCCNC(=O)c2ccc(CN3CCCC3)o2)cc1Cl. The second-order valence-corrected chi connectivity index (χ2v) is 6.59. The van der Waals surface area contributed by atoms with Crippen LogP contribution in [0.25, 0.3) is 0 Å². The van der Waals surface area contributed by atoms with Crippen LogP contribution >= 0.6 is 11.6 Å². The maximum Gasteiger partial charge on any atom is 0.286 e. The quantitative estimate of drug-likeness (QED) is 0.780. The molecule has 6 nitrogen and oxygen atoms in total. The average molecular weight is 351 g/mol. The number of rotatable bonds is 7. The van der Waals surface area contributed by atoms with Crippen molar-refractivity contribution in [1.82, 2.24) is 20.0 Å². The van der Waals surface area contributed by atoms with Gasteiger partial charge >= 0.3 is 0 Å². The molecule has 3 rings (SSSR count). The summed E-state index contributed by atoms with van der Waals surface area (Å²) in [4.78, 5) is 14.4. The lowest BCUT2D eigenvalue weighted by Crippen LogP contribution is -2.25. The van der Waals surface area contributed by atoms with E-state index in [1.165, 1.54) is 12.8 Å². The number of hydrogen-bond donors (Lipinski definition) is 1. The molecule has 130 valence electrons. The first kappa shape index (κ1) is 17.0. The molecule has 7 heteroatoms. The van der Waals surface area contributed by atoms with E-state index in [4.69, 9.17) is 16.0 Å². The number of aromatic nitrogens is 2. The Morgan fingerprint density at radius 1 is 1.38 bits per heavy atom. The summed E-state index contributed by atoms with van der Waals surface area (Å²) in [6, 6.07) is 3.64. The smallest absolute Gasteiger partial charge is 0.286 e. The zero-order valence-electron chi connectivity index (χ0n) is 13.9. The molecule has 0 radical (unpaired) electrons. The number of halogens is 1. The van der Waals surface area contributed by atoms with Crippen LogP contribution in [0.15, 0.2) is 22.7 Å². The minimum atomic E-state index is -0.169. The molecular formula is C17H23ClN4O2. The number of hydrogen-bond acceptors (Lipinski definition) is 4. The molecule has 0 atom stereocenters. The Bertz CT molecular complexity index is 669. The molecule has 0 saturated carbocycles. The predicted molar refractivity (Wildman–Crippen MR) is 92.1 cm³/mol. The zero-order valence-corrected chi connectivity index (χ0v) is 14.7. The van der Waals surface area contributed by atoms with Crippen LogP contribution in [0.4, 0.5) is 0 Å². The molecule has 1 N–H and O–H groups in total. The Labute approximate surface area is 146 Å². The first-order valence-corrected chi connectivity index (χ1v) is 8.78. The van der Waals surface area contributed by atoms with E-state index in [0.717, 1.165) is 37.5 Å². The lowest BCUT2D eigenvalue weighted by Gasteiger charge is -2.11. The highest BCUT2D eigenvalue weighted by Gasteiger charge is 2.15. The van der Waals surface area contributed by atoms with Crippen molar-refractivity contribution in [2.45, 2.75) is 39.3 Å². The van der Waals surface area contributed by atoms with Gasteiger partial charge in [0.25, 0.3) is 5.91 Å². The molecule has 3 heterocycles.